The van der Waals surface area contributed by atoms with E-state index in [0.29, 0.717) is 11.5 Å². The van der Waals surface area contributed by atoms with Gasteiger partial charge in [-0.15, -0.1) is 0 Å². The Kier molecular flexibility index (Phi) is 39.3. The van der Waals surface area contributed by atoms with Crippen LogP contribution in [0.4, 0.5) is 0 Å². The van der Waals surface area contributed by atoms with Crippen molar-refractivity contribution >= 4 is 57.8 Å². The minimum Gasteiger partial charge on any atom is -0.783 e. The molecule has 11 heteroatoms. The van der Waals surface area contributed by atoms with Gasteiger partial charge < -0.3 is 18.8 Å². The Morgan fingerprint density at radius 3 is 0.859 bits per heavy atom. The summed E-state index contributed by atoms with van der Waals surface area (Å²) >= 11 is 13.5. The van der Waals surface area contributed by atoms with E-state index in [-0.39, 0.29) is 19.5 Å². The van der Waals surface area contributed by atoms with Crippen LogP contribution >= 0.6 is 34.2 Å². The van der Waals surface area contributed by atoms with Crippen molar-refractivity contribution in [1.29, 1.82) is 0 Å². The van der Waals surface area contributed by atoms with E-state index < -0.39 is 11.4 Å². The van der Waals surface area contributed by atoms with Crippen molar-refractivity contribution in [1.82, 2.24) is 0 Å². The summed E-state index contributed by atoms with van der Waals surface area (Å²) in [6.45, 7) is 9.01. The van der Waals surface area contributed by atoms with Gasteiger partial charge in [0, 0.05) is 9.79 Å². The van der Waals surface area contributed by atoms with Gasteiger partial charge in [-0.05, 0) is 97.9 Å². The first-order valence-electron chi connectivity index (χ1n) is 27.8. The third-order valence-corrected chi connectivity index (χ3v) is 20.2. The number of rotatable bonds is 40. The second-order valence-electron chi connectivity index (χ2n) is 19.2. The zero-order valence-electron chi connectivity index (χ0n) is 44.7. The fourth-order valence-electron chi connectivity index (χ4n) is 8.81. The fraction of sp³-hybridized carbons (Fsp3) is 0.600. The maximum Gasteiger partial charge on any atom is 2.00 e. The molecular weight excluding hydrogens is 1040 g/mol. The van der Waals surface area contributed by atoms with Crippen molar-refractivity contribution in [3.8, 4) is 11.5 Å². The first-order valence-corrected chi connectivity index (χ1v) is 35.9. The number of hydrogen-bond donors (Lipinski definition) is 0. The molecule has 0 saturated heterocycles. The molecule has 0 heterocycles. The Bertz CT molecular complexity index is 1760. The molecule has 71 heavy (non-hydrogen) atoms. The molecule has 4 rings (SSSR count). The van der Waals surface area contributed by atoms with Crippen LogP contribution in [0.3, 0.4) is 0 Å². The average Bonchev–Trinajstić information content (AvgIpc) is 3.34. The van der Waals surface area contributed by atoms with Crippen LogP contribution in [0.15, 0.2) is 107 Å². The summed E-state index contributed by atoms with van der Waals surface area (Å²) < 4.78 is 12.0. The van der Waals surface area contributed by atoms with Gasteiger partial charge in [-0.2, -0.15) is 0 Å². The SMILES string of the molecule is CCCCCCCCCc1ccccc1OP([O-])(=S)Sc1ccccc1CCCCCCCCC.CCCCCCCCCc1ccccc1OP([O-])(=S)Sc1ccccc1CCCCCCCCC.[Zn+2]. The molecule has 4 nitrogen and oxygen atoms in total. The third-order valence-electron chi connectivity index (χ3n) is 12.9. The van der Waals surface area contributed by atoms with Crippen molar-refractivity contribution < 1.29 is 38.3 Å². The Morgan fingerprint density at radius 1 is 0.338 bits per heavy atom. The molecule has 0 fully saturated rings. The number of hydrogen-bond acceptors (Lipinski definition) is 8. The van der Waals surface area contributed by atoms with Gasteiger partial charge >= 0.3 is 19.5 Å². The summed E-state index contributed by atoms with van der Waals surface area (Å²) in [7, 11) is 0. The van der Waals surface area contributed by atoms with Gasteiger partial charge in [-0.1, -0.05) is 301 Å². The van der Waals surface area contributed by atoms with Crippen molar-refractivity contribution in [2.24, 2.45) is 0 Å². The van der Waals surface area contributed by atoms with Gasteiger partial charge in [0.2, 0.25) is 0 Å². The summed E-state index contributed by atoms with van der Waals surface area (Å²) in [6.07, 6.45) is 39.8. The van der Waals surface area contributed by atoms with Crippen molar-refractivity contribution in [3.63, 3.8) is 0 Å². The molecule has 4 aromatic carbocycles. The van der Waals surface area contributed by atoms with Gasteiger partial charge in [0.1, 0.15) is 22.9 Å². The summed E-state index contributed by atoms with van der Waals surface area (Å²) in [5, 5.41) is 0. The van der Waals surface area contributed by atoms with E-state index in [9.17, 15) is 9.79 Å². The monoisotopic (exact) mass is 1130 g/mol. The first-order chi connectivity index (χ1) is 34.1. The Hall–Kier alpha value is -0.977. The minimum absolute atomic E-state index is 0. The topological polar surface area (TPSA) is 64.6 Å². The van der Waals surface area contributed by atoms with E-state index in [1.54, 1.807) is 0 Å². The maximum absolute atomic E-state index is 13.4. The second-order valence-corrected chi connectivity index (χ2v) is 30.8. The number of benzene rings is 4. The van der Waals surface area contributed by atoms with Crippen LogP contribution in [-0.4, -0.2) is 0 Å². The molecular formula is C60H92O4P2S4Zn. The summed E-state index contributed by atoms with van der Waals surface area (Å²) in [4.78, 5) is 28.7. The molecule has 0 aliphatic heterocycles. The van der Waals surface area contributed by atoms with E-state index in [4.69, 9.17) is 32.7 Å². The van der Waals surface area contributed by atoms with Crippen molar-refractivity contribution in [3.05, 3.63) is 119 Å². The van der Waals surface area contributed by atoms with Crippen LogP contribution in [-0.2, 0) is 68.8 Å². The molecule has 0 bridgehead atoms. The van der Waals surface area contributed by atoms with Crippen LogP contribution in [0.2, 0.25) is 0 Å². The Morgan fingerprint density at radius 2 is 0.563 bits per heavy atom. The number of aryl methyl sites for hydroxylation is 4. The van der Waals surface area contributed by atoms with Crippen LogP contribution < -0.4 is 18.8 Å². The molecule has 4 aromatic rings. The predicted octanol–water partition coefficient (Wildman–Crippen LogP) is 20.1. The van der Waals surface area contributed by atoms with E-state index in [1.807, 2.05) is 60.7 Å². The van der Waals surface area contributed by atoms with Crippen LogP contribution in [0.1, 0.15) is 230 Å². The Balaban J connectivity index is 0.000000480. The third kappa shape index (κ3) is 31.6. The zero-order valence-corrected chi connectivity index (χ0v) is 52.8. The van der Waals surface area contributed by atoms with E-state index in [1.165, 1.54) is 188 Å². The van der Waals surface area contributed by atoms with Gasteiger partial charge in [0.15, 0.2) is 0 Å². The molecule has 0 aliphatic carbocycles. The van der Waals surface area contributed by atoms with E-state index >= 15 is 0 Å². The molecule has 0 radical (unpaired) electrons. The van der Waals surface area contributed by atoms with Crippen LogP contribution in [0.5, 0.6) is 11.5 Å². The van der Waals surface area contributed by atoms with Crippen LogP contribution in [0, 0.1) is 0 Å². The quantitative estimate of drug-likeness (QED) is 0.0248. The molecule has 0 aliphatic rings. The molecule has 0 aromatic heterocycles. The summed E-state index contributed by atoms with van der Waals surface area (Å²) in [5.41, 5.74) is -1.92. The number of unbranched alkanes of at least 4 members (excludes halogenated alkanes) is 24. The predicted molar refractivity (Wildman–Crippen MR) is 314 cm³/mol. The van der Waals surface area contributed by atoms with Crippen molar-refractivity contribution in [2.45, 2.75) is 243 Å². The molecule has 392 valence electrons. The standard InChI is InChI=1S/2C30H47O2PS2.Zn/c2*1-3-5-7-9-11-13-15-21-27-22-17-19-25-29(27)32-33(31,34)35-30-26-20-18-24-28(30)23-16-14-12-10-8-6-4-2;/h2*17-20,22,24-26H,3-16,21,23H2,1-2H3,(H,31,34);/q;;+2/p-2. The van der Waals surface area contributed by atoms with E-state index in [0.717, 1.165) is 72.3 Å². The normalized spacial score (nSPS) is 12.8. The average molecular weight is 1130 g/mol. The second kappa shape index (κ2) is 42.2. The largest absolute Gasteiger partial charge is 2.00 e. The summed E-state index contributed by atoms with van der Waals surface area (Å²) in [6, 6.07) is 32.4. The maximum atomic E-state index is 13.4. The molecule has 2 atom stereocenters. The fourth-order valence-corrected chi connectivity index (χ4v) is 16.2. The number of para-hydroxylation sites is 2. The van der Waals surface area contributed by atoms with Gasteiger partial charge in [0.05, 0.1) is 0 Å². The van der Waals surface area contributed by atoms with Gasteiger partial charge in [-0.3, -0.25) is 0 Å². The Labute approximate surface area is 466 Å². The van der Waals surface area contributed by atoms with Gasteiger partial charge in [0.25, 0.3) is 0 Å². The molecule has 0 N–H and O–H groups in total. The van der Waals surface area contributed by atoms with Gasteiger partial charge in [-0.25, -0.2) is 0 Å². The molecule has 0 saturated carbocycles. The zero-order chi connectivity index (χ0) is 50.4. The first kappa shape index (κ1) is 66.1. The summed E-state index contributed by atoms with van der Waals surface area (Å²) in [5.74, 6) is 1.38. The van der Waals surface area contributed by atoms with Crippen molar-refractivity contribution in [2.75, 3.05) is 0 Å². The van der Waals surface area contributed by atoms with E-state index in [2.05, 4.69) is 64.1 Å². The molecule has 0 amide bonds. The minimum atomic E-state index is -3.31. The smallest absolute Gasteiger partial charge is 0.783 e. The molecule has 2 unspecified atom stereocenters. The van der Waals surface area contributed by atoms with Crippen LogP contribution in [0.25, 0.3) is 0 Å². The molecule has 0 spiro atoms.